The Balaban J connectivity index is 2.11. The van der Waals surface area contributed by atoms with E-state index in [9.17, 15) is 4.79 Å². The summed E-state index contributed by atoms with van der Waals surface area (Å²) < 4.78 is 0.865. The molecule has 0 amide bonds. The number of ketones is 1. The normalized spacial score (nSPS) is 10.5. The quantitative estimate of drug-likeness (QED) is 0.879. The molecule has 17 heavy (non-hydrogen) atoms. The number of carbonyl (C=O) groups excluding carboxylic acids is 1. The van der Waals surface area contributed by atoms with Gasteiger partial charge in [-0.15, -0.1) is 11.3 Å². The van der Waals surface area contributed by atoms with Crippen LogP contribution in [0.15, 0.2) is 28.3 Å². The molecule has 0 aliphatic carbocycles. The van der Waals surface area contributed by atoms with Crippen LogP contribution in [0.2, 0.25) is 0 Å². The molecular formula is C11H10BrN3OS. The lowest BCUT2D eigenvalue weighted by Crippen LogP contribution is -2.05. The van der Waals surface area contributed by atoms with E-state index in [1.165, 1.54) is 11.3 Å². The van der Waals surface area contributed by atoms with Crippen LogP contribution in [0.25, 0.3) is 0 Å². The number of hydrogen-bond acceptors (Lipinski definition) is 5. The fourth-order valence-corrected chi connectivity index (χ4v) is 2.45. The first kappa shape index (κ1) is 12.3. The second kappa shape index (κ2) is 5.48. The average Bonchev–Trinajstić information content (AvgIpc) is 2.77. The number of halogens is 1. The Hall–Kier alpha value is -1.11. The molecule has 0 fully saturated rings. The van der Waals surface area contributed by atoms with Gasteiger partial charge in [-0.25, -0.2) is 4.98 Å². The van der Waals surface area contributed by atoms with Crippen molar-refractivity contribution in [3.63, 3.8) is 0 Å². The van der Waals surface area contributed by atoms with Crippen LogP contribution in [0.3, 0.4) is 0 Å². The van der Waals surface area contributed by atoms with Crippen LogP contribution in [0.4, 0.5) is 0 Å². The van der Waals surface area contributed by atoms with E-state index in [-0.39, 0.29) is 5.78 Å². The van der Waals surface area contributed by atoms with Crippen molar-refractivity contribution in [2.45, 2.75) is 13.0 Å². The number of nitrogens with zero attached hydrogens (tertiary/aromatic N) is 2. The lowest BCUT2D eigenvalue weighted by molar-refractivity contribution is 0.0988. The van der Waals surface area contributed by atoms with E-state index in [4.69, 9.17) is 5.73 Å². The highest BCUT2D eigenvalue weighted by molar-refractivity contribution is 9.10. The molecule has 4 nitrogen and oxygen atoms in total. The molecule has 2 aromatic heterocycles. The molecule has 0 unspecified atom stereocenters. The van der Waals surface area contributed by atoms with Gasteiger partial charge in [0.2, 0.25) is 0 Å². The van der Waals surface area contributed by atoms with Crippen LogP contribution in [-0.4, -0.2) is 15.8 Å². The Morgan fingerprint density at radius 3 is 2.94 bits per heavy atom. The van der Waals surface area contributed by atoms with Gasteiger partial charge in [-0.2, -0.15) is 0 Å². The molecule has 0 spiro atoms. The summed E-state index contributed by atoms with van der Waals surface area (Å²) in [6.45, 7) is 0.371. The zero-order valence-corrected chi connectivity index (χ0v) is 11.3. The minimum Gasteiger partial charge on any atom is -0.325 e. The van der Waals surface area contributed by atoms with Crippen molar-refractivity contribution < 1.29 is 4.79 Å². The highest BCUT2D eigenvalue weighted by Crippen LogP contribution is 2.14. The second-order valence-corrected chi connectivity index (χ2v) is 5.30. The maximum atomic E-state index is 11.9. The van der Waals surface area contributed by atoms with Gasteiger partial charge in [0.15, 0.2) is 5.78 Å². The number of rotatable bonds is 4. The van der Waals surface area contributed by atoms with Crippen molar-refractivity contribution in [1.29, 1.82) is 0 Å². The summed E-state index contributed by atoms with van der Waals surface area (Å²) >= 11 is 4.73. The van der Waals surface area contributed by atoms with E-state index in [0.29, 0.717) is 18.7 Å². The molecule has 0 saturated carbocycles. The Kier molecular flexibility index (Phi) is 3.98. The highest BCUT2D eigenvalue weighted by Gasteiger charge is 2.11. The number of hydrogen-bond donors (Lipinski definition) is 1. The van der Waals surface area contributed by atoms with Gasteiger partial charge in [-0.05, 0) is 27.6 Å². The summed E-state index contributed by atoms with van der Waals surface area (Å²) in [6.07, 6.45) is 3.67. The van der Waals surface area contributed by atoms with Gasteiger partial charge in [0.25, 0.3) is 0 Å². The smallest absolute Gasteiger partial charge is 0.186 e. The van der Waals surface area contributed by atoms with Crippen molar-refractivity contribution in [3.05, 3.63) is 44.6 Å². The molecule has 88 valence electrons. The molecule has 6 heteroatoms. The van der Waals surface area contributed by atoms with E-state index in [1.807, 2.05) is 6.07 Å². The fourth-order valence-electron chi connectivity index (χ4n) is 1.36. The van der Waals surface area contributed by atoms with E-state index in [1.54, 1.807) is 17.8 Å². The monoisotopic (exact) mass is 311 g/mol. The van der Waals surface area contributed by atoms with Gasteiger partial charge in [0.1, 0.15) is 10.7 Å². The minimum absolute atomic E-state index is 0.0131. The molecule has 0 aliphatic heterocycles. The second-order valence-electron chi connectivity index (χ2n) is 3.44. The Morgan fingerprint density at radius 2 is 2.29 bits per heavy atom. The van der Waals surface area contributed by atoms with E-state index >= 15 is 0 Å². The van der Waals surface area contributed by atoms with Crippen molar-refractivity contribution in [3.8, 4) is 0 Å². The molecule has 0 aliphatic rings. The molecular weight excluding hydrogens is 302 g/mol. The average molecular weight is 312 g/mol. The number of pyridine rings is 1. The zero-order valence-electron chi connectivity index (χ0n) is 8.89. The summed E-state index contributed by atoms with van der Waals surface area (Å²) in [6, 6.07) is 1.88. The predicted octanol–water partition coefficient (Wildman–Crippen LogP) is 2.18. The van der Waals surface area contributed by atoms with E-state index in [0.717, 1.165) is 15.0 Å². The first-order chi connectivity index (χ1) is 8.19. The predicted molar refractivity (Wildman–Crippen MR) is 70.0 cm³/mol. The van der Waals surface area contributed by atoms with Gasteiger partial charge >= 0.3 is 0 Å². The van der Waals surface area contributed by atoms with Crippen molar-refractivity contribution in [1.82, 2.24) is 9.97 Å². The fraction of sp³-hybridized carbons (Fsp3) is 0.182. The summed E-state index contributed by atoms with van der Waals surface area (Å²) in [5, 5.41) is 2.52. The van der Waals surface area contributed by atoms with Gasteiger partial charge in [-0.3, -0.25) is 9.78 Å². The van der Waals surface area contributed by atoms with Crippen LogP contribution in [0.5, 0.6) is 0 Å². The molecule has 0 bridgehead atoms. The molecule has 0 aromatic carbocycles. The molecule has 2 aromatic rings. The van der Waals surface area contributed by atoms with Crippen molar-refractivity contribution in [2.24, 2.45) is 5.73 Å². The van der Waals surface area contributed by atoms with Crippen LogP contribution in [0, 0.1) is 0 Å². The van der Waals surface area contributed by atoms with Gasteiger partial charge in [-0.1, -0.05) is 0 Å². The maximum absolute atomic E-state index is 11.9. The van der Waals surface area contributed by atoms with Crippen molar-refractivity contribution >= 4 is 33.0 Å². The Morgan fingerprint density at radius 1 is 1.47 bits per heavy atom. The molecule has 0 radical (unpaired) electrons. The van der Waals surface area contributed by atoms with Crippen molar-refractivity contribution in [2.75, 3.05) is 0 Å². The maximum Gasteiger partial charge on any atom is 0.186 e. The molecule has 2 N–H and O–H groups in total. The van der Waals surface area contributed by atoms with Crippen LogP contribution in [0.1, 0.15) is 21.1 Å². The summed E-state index contributed by atoms with van der Waals surface area (Å²) in [7, 11) is 0. The minimum atomic E-state index is -0.0131. The lowest BCUT2D eigenvalue weighted by Gasteiger charge is -1.98. The molecule has 0 saturated heterocycles. The third-order valence-electron chi connectivity index (χ3n) is 2.14. The number of carbonyl (C=O) groups is 1. The highest BCUT2D eigenvalue weighted by atomic mass is 79.9. The third-order valence-corrected chi connectivity index (χ3v) is 3.44. The largest absolute Gasteiger partial charge is 0.325 e. The third kappa shape index (κ3) is 3.18. The molecule has 2 rings (SSSR count). The Labute approximate surface area is 111 Å². The number of nitrogens with two attached hydrogens (primary N) is 1. The van der Waals surface area contributed by atoms with Gasteiger partial charge in [0.05, 0.1) is 0 Å². The number of thiazole rings is 1. The van der Waals surface area contributed by atoms with Crippen LogP contribution >= 0.6 is 27.3 Å². The first-order valence-corrected chi connectivity index (χ1v) is 6.63. The summed E-state index contributed by atoms with van der Waals surface area (Å²) in [5.41, 5.74) is 6.81. The van der Waals surface area contributed by atoms with E-state index < -0.39 is 0 Å². The zero-order chi connectivity index (χ0) is 12.3. The van der Waals surface area contributed by atoms with Crippen LogP contribution in [-0.2, 0) is 13.0 Å². The van der Waals surface area contributed by atoms with Gasteiger partial charge < -0.3 is 5.73 Å². The lowest BCUT2D eigenvalue weighted by atomic mass is 10.1. The summed E-state index contributed by atoms with van der Waals surface area (Å²) in [5.74, 6) is -0.0131. The topological polar surface area (TPSA) is 68.9 Å². The summed E-state index contributed by atoms with van der Waals surface area (Å²) in [4.78, 5) is 20.1. The standard InChI is InChI=1S/C11H10BrN3OS/c12-8-1-7(4-14-5-8)2-10(16)9-6-17-11(3-13)15-9/h1,4-6H,2-3,13H2. The first-order valence-electron chi connectivity index (χ1n) is 4.96. The Bertz CT molecular complexity index is 541. The molecule has 0 atom stereocenters. The van der Waals surface area contributed by atoms with Gasteiger partial charge in [0, 0.05) is 35.2 Å². The SMILES string of the molecule is NCc1nc(C(=O)Cc2cncc(Br)c2)cs1. The van der Waals surface area contributed by atoms with Crippen LogP contribution < -0.4 is 5.73 Å². The van der Waals surface area contributed by atoms with E-state index in [2.05, 4.69) is 25.9 Å². The number of Topliss-reactive ketones (excluding diaryl/α,β-unsaturated/α-hetero) is 1. The molecule has 2 heterocycles. The number of aromatic nitrogens is 2.